The van der Waals surface area contributed by atoms with E-state index in [-0.39, 0.29) is 6.04 Å². The Morgan fingerprint density at radius 1 is 1.00 bits per heavy atom. The van der Waals surface area contributed by atoms with Gasteiger partial charge in [0.15, 0.2) is 0 Å². The van der Waals surface area contributed by atoms with E-state index >= 15 is 0 Å². The van der Waals surface area contributed by atoms with E-state index in [1.165, 1.54) is 15.0 Å². The first-order chi connectivity index (χ1) is 9.74. The van der Waals surface area contributed by atoms with E-state index in [0.717, 1.165) is 5.69 Å². The number of fused-ring (bicyclic) bond motifs is 1. The van der Waals surface area contributed by atoms with Crippen LogP contribution in [0.5, 0.6) is 0 Å². The van der Waals surface area contributed by atoms with Gasteiger partial charge in [0.25, 0.3) is 0 Å². The highest BCUT2D eigenvalue weighted by atomic mass is 32.1. The van der Waals surface area contributed by atoms with Gasteiger partial charge >= 0.3 is 0 Å². The summed E-state index contributed by atoms with van der Waals surface area (Å²) in [6, 6.07) is 17.4. The van der Waals surface area contributed by atoms with Crippen molar-refractivity contribution in [2.24, 2.45) is 0 Å². The Hall–Kier alpha value is -1.71. The first kappa shape index (κ1) is 13.3. The number of nitrogens with one attached hydrogen (secondary N) is 1. The van der Waals surface area contributed by atoms with Crippen LogP contribution in [0.4, 0.5) is 0 Å². The van der Waals surface area contributed by atoms with E-state index in [2.05, 4.69) is 60.5 Å². The van der Waals surface area contributed by atoms with Crippen molar-refractivity contribution in [1.82, 2.24) is 10.3 Å². The van der Waals surface area contributed by atoms with Crippen LogP contribution in [0.15, 0.2) is 54.7 Å². The molecule has 1 aromatic carbocycles. The Morgan fingerprint density at radius 3 is 2.55 bits per heavy atom. The smallest absolute Gasteiger partial charge is 0.0570 e. The second-order valence-electron chi connectivity index (χ2n) is 5.05. The predicted octanol–water partition coefficient (Wildman–Crippen LogP) is 4.71. The van der Waals surface area contributed by atoms with Gasteiger partial charge in [-0.2, -0.15) is 0 Å². The zero-order valence-electron chi connectivity index (χ0n) is 11.7. The van der Waals surface area contributed by atoms with Gasteiger partial charge in [-0.15, -0.1) is 11.3 Å². The Morgan fingerprint density at radius 2 is 1.80 bits per heavy atom. The molecule has 0 saturated carbocycles. The maximum absolute atomic E-state index is 4.41. The molecule has 3 heteroatoms. The van der Waals surface area contributed by atoms with E-state index in [1.54, 1.807) is 0 Å². The number of thiophene rings is 1. The molecule has 0 aliphatic rings. The second kappa shape index (κ2) is 5.73. The normalized spacial score (nSPS) is 14.3. The summed E-state index contributed by atoms with van der Waals surface area (Å²) in [6.45, 7) is 4.37. The molecule has 2 heterocycles. The molecule has 3 rings (SSSR count). The maximum Gasteiger partial charge on any atom is 0.0570 e. The molecule has 0 radical (unpaired) electrons. The van der Waals surface area contributed by atoms with Crippen molar-refractivity contribution in [3.8, 4) is 0 Å². The average Bonchev–Trinajstić information content (AvgIpc) is 2.92. The summed E-state index contributed by atoms with van der Waals surface area (Å²) in [5.74, 6) is 0. The minimum atomic E-state index is 0.247. The summed E-state index contributed by atoms with van der Waals surface area (Å²) in [5, 5.41) is 4.95. The standard InChI is InChI=1S/C17H18N2S/c1-12(15-8-5-6-10-18-15)19-13(2)17-11-14-7-3-4-9-16(14)20-17/h3-13,19H,1-2H3/t12-,13?/m1/s1. The van der Waals surface area contributed by atoms with Crippen LogP contribution in [0.3, 0.4) is 0 Å². The highest BCUT2D eigenvalue weighted by Crippen LogP contribution is 2.30. The Balaban J connectivity index is 1.77. The molecule has 2 nitrogen and oxygen atoms in total. The third kappa shape index (κ3) is 2.74. The molecule has 2 atom stereocenters. The van der Waals surface area contributed by atoms with E-state index in [0.29, 0.717) is 6.04 Å². The van der Waals surface area contributed by atoms with Crippen molar-refractivity contribution in [3.05, 3.63) is 65.3 Å². The third-order valence-corrected chi connectivity index (χ3v) is 4.80. The molecule has 102 valence electrons. The number of hydrogen-bond donors (Lipinski definition) is 1. The van der Waals surface area contributed by atoms with Gasteiger partial charge in [-0.25, -0.2) is 0 Å². The van der Waals surface area contributed by atoms with Gasteiger partial charge in [-0.05, 0) is 43.5 Å². The minimum Gasteiger partial charge on any atom is -0.301 e. The lowest BCUT2D eigenvalue weighted by atomic mass is 10.1. The molecule has 2 aromatic heterocycles. The highest BCUT2D eigenvalue weighted by molar-refractivity contribution is 7.19. The fourth-order valence-corrected chi connectivity index (χ4v) is 3.47. The monoisotopic (exact) mass is 282 g/mol. The van der Waals surface area contributed by atoms with Gasteiger partial charge in [-0.1, -0.05) is 24.3 Å². The first-order valence-electron chi connectivity index (χ1n) is 6.89. The number of aromatic nitrogens is 1. The Bertz CT molecular complexity index is 657. The van der Waals surface area contributed by atoms with Crippen molar-refractivity contribution in [3.63, 3.8) is 0 Å². The molecule has 0 amide bonds. The summed E-state index contributed by atoms with van der Waals surface area (Å²) in [5.41, 5.74) is 1.08. The molecule has 1 N–H and O–H groups in total. The Labute approximate surface area is 123 Å². The summed E-state index contributed by atoms with van der Waals surface area (Å²) < 4.78 is 1.35. The summed E-state index contributed by atoms with van der Waals surface area (Å²) >= 11 is 1.86. The Kier molecular flexibility index (Phi) is 3.81. The van der Waals surface area contributed by atoms with Gasteiger partial charge in [-0.3, -0.25) is 4.98 Å². The quantitative estimate of drug-likeness (QED) is 0.749. The SMILES string of the molecule is CC(N[C@H](C)c1ccccn1)c1cc2ccccc2s1. The molecule has 0 bridgehead atoms. The molecular formula is C17H18N2S. The van der Waals surface area contributed by atoms with Gasteiger partial charge in [0.1, 0.15) is 0 Å². The van der Waals surface area contributed by atoms with Gasteiger partial charge in [0.05, 0.1) is 5.69 Å². The van der Waals surface area contributed by atoms with Crippen LogP contribution in [0.25, 0.3) is 10.1 Å². The summed E-state index contributed by atoms with van der Waals surface area (Å²) in [4.78, 5) is 5.78. The van der Waals surface area contributed by atoms with Crippen LogP contribution in [-0.2, 0) is 0 Å². The van der Waals surface area contributed by atoms with Crippen LogP contribution in [-0.4, -0.2) is 4.98 Å². The summed E-state index contributed by atoms with van der Waals surface area (Å²) in [6.07, 6.45) is 1.84. The highest BCUT2D eigenvalue weighted by Gasteiger charge is 2.13. The molecule has 0 aliphatic heterocycles. The van der Waals surface area contributed by atoms with Gasteiger partial charge < -0.3 is 5.32 Å². The second-order valence-corrected chi connectivity index (χ2v) is 6.17. The average molecular weight is 282 g/mol. The molecule has 0 aliphatic carbocycles. The molecule has 0 saturated heterocycles. The lowest BCUT2D eigenvalue weighted by Crippen LogP contribution is -2.22. The number of rotatable bonds is 4. The fraction of sp³-hybridized carbons (Fsp3) is 0.235. The van der Waals surface area contributed by atoms with Gasteiger partial charge in [0.2, 0.25) is 0 Å². The number of benzene rings is 1. The molecule has 0 fully saturated rings. The molecule has 0 spiro atoms. The topological polar surface area (TPSA) is 24.9 Å². The lowest BCUT2D eigenvalue weighted by molar-refractivity contribution is 0.491. The van der Waals surface area contributed by atoms with Crippen molar-refractivity contribution in [1.29, 1.82) is 0 Å². The summed E-state index contributed by atoms with van der Waals surface area (Å²) in [7, 11) is 0. The van der Waals surface area contributed by atoms with Gasteiger partial charge in [0, 0.05) is 27.9 Å². The van der Waals surface area contributed by atoms with Crippen molar-refractivity contribution in [2.45, 2.75) is 25.9 Å². The van der Waals surface area contributed by atoms with Crippen LogP contribution < -0.4 is 5.32 Å². The van der Waals surface area contributed by atoms with E-state index in [9.17, 15) is 0 Å². The molecular weight excluding hydrogens is 264 g/mol. The van der Waals surface area contributed by atoms with Crippen molar-refractivity contribution >= 4 is 21.4 Å². The number of nitrogens with zero attached hydrogens (tertiary/aromatic N) is 1. The number of pyridine rings is 1. The van der Waals surface area contributed by atoms with Crippen LogP contribution in [0.2, 0.25) is 0 Å². The first-order valence-corrected chi connectivity index (χ1v) is 7.71. The molecule has 1 unspecified atom stereocenters. The van der Waals surface area contributed by atoms with Crippen LogP contribution in [0, 0.1) is 0 Å². The van der Waals surface area contributed by atoms with Crippen LogP contribution in [0.1, 0.15) is 36.5 Å². The van der Waals surface area contributed by atoms with E-state index in [4.69, 9.17) is 0 Å². The van der Waals surface area contributed by atoms with E-state index in [1.807, 2.05) is 29.7 Å². The van der Waals surface area contributed by atoms with Crippen molar-refractivity contribution < 1.29 is 0 Å². The molecule has 3 aromatic rings. The zero-order valence-corrected chi connectivity index (χ0v) is 12.5. The molecule has 20 heavy (non-hydrogen) atoms. The maximum atomic E-state index is 4.41. The van der Waals surface area contributed by atoms with E-state index < -0.39 is 0 Å². The zero-order chi connectivity index (χ0) is 13.9. The third-order valence-electron chi connectivity index (χ3n) is 3.50. The minimum absolute atomic E-state index is 0.247. The largest absolute Gasteiger partial charge is 0.301 e. The fourth-order valence-electron chi connectivity index (χ4n) is 2.39. The van der Waals surface area contributed by atoms with Crippen LogP contribution >= 0.6 is 11.3 Å². The van der Waals surface area contributed by atoms with Crippen molar-refractivity contribution in [2.75, 3.05) is 0 Å². The lowest BCUT2D eigenvalue weighted by Gasteiger charge is -2.18. The number of hydrogen-bond acceptors (Lipinski definition) is 3. The predicted molar refractivity (Wildman–Crippen MR) is 86.0 cm³/mol.